The van der Waals surface area contributed by atoms with Gasteiger partial charge in [-0.05, 0) is 12.1 Å². The Morgan fingerprint density at radius 1 is 1.29 bits per heavy atom. The summed E-state index contributed by atoms with van der Waals surface area (Å²) >= 11 is 7.31. The number of aliphatic carboxylic acids is 1. The third-order valence-electron chi connectivity index (χ3n) is 3.82. The van der Waals surface area contributed by atoms with E-state index in [1.54, 1.807) is 24.3 Å². The van der Waals surface area contributed by atoms with E-state index in [1.165, 1.54) is 11.8 Å². The van der Waals surface area contributed by atoms with Crippen LogP contribution in [0.1, 0.15) is 6.42 Å². The molecular formula is C15H15ClF3NO3S. The van der Waals surface area contributed by atoms with E-state index < -0.39 is 43.0 Å². The molecule has 2 rings (SSSR count). The molecule has 2 atom stereocenters. The molecule has 1 aliphatic rings. The number of amides is 1. The molecule has 24 heavy (non-hydrogen) atoms. The molecule has 0 bridgehead atoms. The highest BCUT2D eigenvalue weighted by atomic mass is 35.5. The van der Waals surface area contributed by atoms with Crippen LogP contribution < -0.4 is 0 Å². The second-order valence-electron chi connectivity index (χ2n) is 5.42. The third-order valence-corrected chi connectivity index (χ3v) is 5.34. The summed E-state index contributed by atoms with van der Waals surface area (Å²) in [5, 5.41) is 9.49. The summed E-state index contributed by atoms with van der Waals surface area (Å²) in [5.41, 5.74) is 0. The molecule has 0 saturated carbocycles. The number of carbonyl (C=O) groups is 2. The Morgan fingerprint density at radius 2 is 1.96 bits per heavy atom. The van der Waals surface area contributed by atoms with Gasteiger partial charge in [-0.2, -0.15) is 13.2 Å². The van der Waals surface area contributed by atoms with E-state index in [4.69, 9.17) is 16.7 Å². The monoisotopic (exact) mass is 381 g/mol. The number of hydrogen-bond acceptors (Lipinski definition) is 3. The maximum atomic E-state index is 12.9. The minimum Gasteiger partial charge on any atom is -0.481 e. The molecule has 1 saturated heterocycles. The molecule has 132 valence electrons. The van der Waals surface area contributed by atoms with Crippen molar-refractivity contribution in [2.45, 2.75) is 17.5 Å². The number of hydrogen-bond donors (Lipinski definition) is 1. The molecule has 4 nitrogen and oxygen atoms in total. The highest BCUT2D eigenvalue weighted by Gasteiger charge is 2.53. The lowest BCUT2D eigenvalue weighted by Gasteiger charge is -2.18. The van der Waals surface area contributed by atoms with Crippen molar-refractivity contribution >= 4 is 35.2 Å². The number of alkyl halides is 3. The highest BCUT2D eigenvalue weighted by Crippen LogP contribution is 2.38. The number of carboxylic acids is 1. The standard InChI is InChI=1S/C15H15ClF3NO3S/c16-11-3-1-2-4-12(11)24-6-5-13(21)20-7-9(14(22)23)10(8-20)15(17,18)19/h1-4,9-10H,5-8H2,(H,22,23)/t9-,10-/m1/s1. The molecule has 0 aliphatic carbocycles. The summed E-state index contributed by atoms with van der Waals surface area (Å²) in [6.45, 7) is -1.01. The topological polar surface area (TPSA) is 57.6 Å². The number of likely N-dealkylation sites (tertiary alicyclic amines) is 1. The number of rotatable bonds is 5. The second-order valence-corrected chi connectivity index (χ2v) is 6.96. The van der Waals surface area contributed by atoms with Crippen LogP contribution in [0, 0.1) is 11.8 Å². The number of carboxylic acid groups (broad SMARTS) is 1. The van der Waals surface area contributed by atoms with Gasteiger partial charge >= 0.3 is 12.1 Å². The van der Waals surface area contributed by atoms with Gasteiger partial charge in [-0.15, -0.1) is 11.8 Å². The Labute approximate surface area is 146 Å². The fourth-order valence-corrected chi connectivity index (χ4v) is 3.73. The van der Waals surface area contributed by atoms with Crippen molar-refractivity contribution in [3.8, 4) is 0 Å². The number of benzene rings is 1. The Morgan fingerprint density at radius 3 is 2.50 bits per heavy atom. The average molecular weight is 382 g/mol. The predicted octanol–water partition coefficient (Wildman–Crippen LogP) is 3.54. The van der Waals surface area contributed by atoms with Crippen LogP contribution in [0.2, 0.25) is 5.02 Å². The maximum absolute atomic E-state index is 12.9. The lowest BCUT2D eigenvalue weighted by atomic mass is 9.96. The van der Waals surface area contributed by atoms with Crippen molar-refractivity contribution < 1.29 is 27.9 Å². The molecule has 1 aliphatic heterocycles. The van der Waals surface area contributed by atoms with Crippen LogP contribution in [0.5, 0.6) is 0 Å². The van der Waals surface area contributed by atoms with Crippen LogP contribution in [0.4, 0.5) is 13.2 Å². The van der Waals surface area contributed by atoms with E-state index in [0.717, 1.165) is 9.80 Å². The van der Waals surface area contributed by atoms with Crippen LogP contribution >= 0.6 is 23.4 Å². The predicted molar refractivity (Wildman–Crippen MR) is 84.0 cm³/mol. The fourth-order valence-electron chi connectivity index (χ4n) is 2.56. The van der Waals surface area contributed by atoms with Gasteiger partial charge in [-0.1, -0.05) is 23.7 Å². The summed E-state index contributed by atoms with van der Waals surface area (Å²) in [4.78, 5) is 24.9. The van der Waals surface area contributed by atoms with Crippen molar-refractivity contribution in [2.75, 3.05) is 18.8 Å². The zero-order valence-corrected chi connectivity index (χ0v) is 14.0. The summed E-state index contributed by atoms with van der Waals surface area (Å²) in [6, 6.07) is 7.05. The van der Waals surface area contributed by atoms with E-state index in [2.05, 4.69) is 0 Å². The second kappa shape index (κ2) is 7.65. The van der Waals surface area contributed by atoms with E-state index >= 15 is 0 Å². The van der Waals surface area contributed by atoms with Gasteiger partial charge in [0.2, 0.25) is 5.91 Å². The van der Waals surface area contributed by atoms with Gasteiger partial charge < -0.3 is 10.0 Å². The van der Waals surface area contributed by atoms with Gasteiger partial charge in [-0.25, -0.2) is 0 Å². The number of thioether (sulfide) groups is 1. The molecule has 1 aromatic rings. The molecule has 9 heteroatoms. The molecule has 1 fully saturated rings. The van der Waals surface area contributed by atoms with Crippen molar-refractivity contribution in [1.82, 2.24) is 4.90 Å². The highest BCUT2D eigenvalue weighted by molar-refractivity contribution is 7.99. The van der Waals surface area contributed by atoms with Gasteiger partial charge in [0, 0.05) is 30.2 Å². The molecule has 0 radical (unpaired) electrons. The molecule has 0 aromatic heterocycles. The smallest absolute Gasteiger partial charge is 0.394 e. The first-order valence-corrected chi connectivity index (χ1v) is 8.51. The van der Waals surface area contributed by atoms with E-state index in [9.17, 15) is 22.8 Å². The largest absolute Gasteiger partial charge is 0.481 e. The number of nitrogens with zero attached hydrogens (tertiary/aromatic N) is 1. The Hall–Kier alpha value is -1.41. The molecule has 1 aromatic carbocycles. The average Bonchev–Trinajstić information content (AvgIpc) is 2.95. The van der Waals surface area contributed by atoms with Crippen LogP contribution in [-0.4, -0.2) is 46.9 Å². The summed E-state index contributed by atoms with van der Waals surface area (Å²) in [6.07, 6.45) is -4.61. The molecule has 1 heterocycles. The summed E-state index contributed by atoms with van der Waals surface area (Å²) in [5.74, 6) is -5.28. The third kappa shape index (κ3) is 4.57. The molecule has 0 spiro atoms. The van der Waals surface area contributed by atoms with Gasteiger partial charge in [0.05, 0.1) is 16.9 Å². The first-order valence-electron chi connectivity index (χ1n) is 7.14. The van der Waals surface area contributed by atoms with Crippen LogP contribution in [0.25, 0.3) is 0 Å². The van der Waals surface area contributed by atoms with Gasteiger partial charge in [0.25, 0.3) is 0 Å². The van der Waals surface area contributed by atoms with E-state index in [0.29, 0.717) is 10.8 Å². The Kier molecular flexibility index (Phi) is 6.03. The lowest BCUT2D eigenvalue weighted by Crippen LogP contribution is -2.34. The first-order chi connectivity index (χ1) is 11.2. The lowest BCUT2D eigenvalue weighted by molar-refractivity contribution is -0.188. The minimum absolute atomic E-state index is 0.0206. The number of carbonyl (C=O) groups excluding carboxylic acids is 1. The Balaban J connectivity index is 1.91. The SMILES string of the molecule is O=C(O)[C@@H]1CN(C(=O)CCSc2ccccc2Cl)C[C@H]1C(F)(F)F. The van der Waals surface area contributed by atoms with Crippen molar-refractivity contribution in [1.29, 1.82) is 0 Å². The minimum atomic E-state index is -4.63. The molecule has 1 N–H and O–H groups in total. The molecule has 1 amide bonds. The fraction of sp³-hybridized carbons (Fsp3) is 0.467. The summed E-state index contributed by atoms with van der Waals surface area (Å²) < 4.78 is 38.7. The quantitative estimate of drug-likeness (QED) is 0.792. The first kappa shape index (κ1) is 18.9. The zero-order valence-electron chi connectivity index (χ0n) is 12.4. The summed E-state index contributed by atoms with van der Waals surface area (Å²) in [7, 11) is 0. The van der Waals surface area contributed by atoms with E-state index in [-0.39, 0.29) is 6.42 Å². The van der Waals surface area contributed by atoms with Crippen molar-refractivity contribution in [3.05, 3.63) is 29.3 Å². The van der Waals surface area contributed by atoms with Crippen molar-refractivity contribution in [2.24, 2.45) is 11.8 Å². The zero-order chi connectivity index (χ0) is 17.9. The maximum Gasteiger partial charge on any atom is 0.394 e. The van der Waals surface area contributed by atoms with Crippen LogP contribution in [-0.2, 0) is 9.59 Å². The Bertz CT molecular complexity index is 626. The van der Waals surface area contributed by atoms with Gasteiger partial charge in [-0.3, -0.25) is 9.59 Å². The van der Waals surface area contributed by atoms with E-state index in [1.807, 2.05) is 0 Å². The van der Waals surface area contributed by atoms with Crippen LogP contribution in [0.15, 0.2) is 29.2 Å². The van der Waals surface area contributed by atoms with Gasteiger partial charge in [0.1, 0.15) is 0 Å². The molecular weight excluding hydrogens is 367 g/mol. The normalized spacial score (nSPS) is 21.1. The number of halogens is 4. The van der Waals surface area contributed by atoms with Crippen molar-refractivity contribution in [3.63, 3.8) is 0 Å². The van der Waals surface area contributed by atoms with Gasteiger partial charge in [0.15, 0.2) is 0 Å². The molecule has 0 unspecified atom stereocenters. The van der Waals surface area contributed by atoms with Crippen LogP contribution in [0.3, 0.4) is 0 Å².